The molecule has 0 aliphatic carbocycles. The number of rotatable bonds is 4. The molecule has 1 saturated heterocycles. The molecule has 0 radical (unpaired) electrons. The zero-order valence-electron chi connectivity index (χ0n) is 11.1. The zero-order valence-corrected chi connectivity index (χ0v) is 11.9. The van der Waals surface area contributed by atoms with Crippen LogP contribution in [0.1, 0.15) is 29.6 Å². The second kappa shape index (κ2) is 6.27. The van der Waals surface area contributed by atoms with Crippen LogP contribution in [0.2, 0.25) is 0 Å². The number of aromatic nitrogens is 2. The van der Waals surface area contributed by atoms with E-state index >= 15 is 0 Å². The van der Waals surface area contributed by atoms with Crippen LogP contribution in [0.3, 0.4) is 0 Å². The fourth-order valence-corrected chi connectivity index (χ4v) is 2.54. The lowest BCUT2D eigenvalue weighted by Gasteiger charge is -2.26. The lowest BCUT2D eigenvalue weighted by Crippen LogP contribution is -2.41. The van der Waals surface area contributed by atoms with Crippen LogP contribution in [0.4, 0.5) is 0 Å². The predicted molar refractivity (Wildman–Crippen MR) is 68.8 cm³/mol. The largest absolute Gasteiger partial charge is 0.748 e. The van der Waals surface area contributed by atoms with Gasteiger partial charge in [0.15, 0.2) is 12.7 Å². The van der Waals surface area contributed by atoms with Crippen LogP contribution in [0.15, 0.2) is 18.5 Å². The number of amides is 1. The summed E-state index contributed by atoms with van der Waals surface area (Å²) < 4.78 is 32.9. The highest BCUT2D eigenvalue weighted by Crippen LogP contribution is 2.11. The molecule has 1 fully saturated rings. The second-order valence-corrected chi connectivity index (χ2v) is 6.32. The summed E-state index contributed by atoms with van der Waals surface area (Å²) in [5.41, 5.74) is 0.480. The number of hydrogen-bond donors (Lipinski definition) is 0. The van der Waals surface area contributed by atoms with Gasteiger partial charge in [0.05, 0.1) is 11.3 Å². The smallest absolute Gasteiger partial charge is 0.255 e. The molecule has 2 heterocycles. The molecule has 0 spiro atoms. The van der Waals surface area contributed by atoms with Crippen molar-refractivity contribution >= 4 is 16.0 Å². The number of piperidine rings is 1. The Labute approximate surface area is 118 Å². The number of carbonyl (C=O) groups excluding carboxylic acids is 1. The van der Waals surface area contributed by atoms with Crippen molar-refractivity contribution in [3.63, 3.8) is 0 Å². The van der Waals surface area contributed by atoms with Gasteiger partial charge in [-0.25, -0.2) is 8.42 Å². The molecule has 1 aromatic rings. The second-order valence-electron chi connectivity index (χ2n) is 4.79. The number of aryl methyl sites for hydroxylation is 1. The van der Waals surface area contributed by atoms with Crippen molar-refractivity contribution in [3.8, 4) is 0 Å². The van der Waals surface area contributed by atoms with Gasteiger partial charge in [0.2, 0.25) is 0 Å². The molecule has 0 N–H and O–H groups in total. The van der Waals surface area contributed by atoms with Gasteiger partial charge >= 0.3 is 0 Å². The van der Waals surface area contributed by atoms with Gasteiger partial charge in [0.25, 0.3) is 5.91 Å². The molecule has 20 heavy (non-hydrogen) atoms. The minimum Gasteiger partial charge on any atom is -0.748 e. The molecule has 0 atom stereocenters. The Kier molecular flexibility index (Phi) is 4.66. The first-order valence-electron chi connectivity index (χ1n) is 6.54. The maximum atomic E-state index is 12.2. The molecule has 1 aliphatic rings. The molecule has 0 unspecified atom stereocenters. The lowest BCUT2D eigenvalue weighted by molar-refractivity contribution is -0.750. The number of likely N-dealkylation sites (tertiary alicyclic amines) is 1. The third kappa shape index (κ3) is 4.24. The number of carbonyl (C=O) groups is 1. The van der Waals surface area contributed by atoms with Crippen LogP contribution in [0.25, 0.3) is 0 Å². The monoisotopic (exact) mass is 299 g/mol. The maximum Gasteiger partial charge on any atom is 0.255 e. The van der Waals surface area contributed by atoms with Gasteiger partial charge in [-0.3, -0.25) is 4.79 Å². The van der Waals surface area contributed by atoms with Crippen molar-refractivity contribution < 1.29 is 22.4 Å². The van der Waals surface area contributed by atoms with E-state index in [1.807, 2.05) is 0 Å². The van der Waals surface area contributed by atoms with Crippen molar-refractivity contribution in [3.05, 3.63) is 24.0 Å². The molecule has 1 aromatic heterocycles. The zero-order chi connectivity index (χ0) is 14.6. The van der Waals surface area contributed by atoms with Crippen molar-refractivity contribution in [2.75, 3.05) is 18.8 Å². The van der Waals surface area contributed by atoms with Crippen LogP contribution in [-0.2, 0) is 16.7 Å². The fraction of sp³-hybridized carbons (Fsp3) is 0.583. The van der Waals surface area contributed by atoms with Gasteiger partial charge in [-0.1, -0.05) is 4.68 Å². The normalized spacial score (nSPS) is 16.1. The molecule has 1 amide bonds. The van der Waals surface area contributed by atoms with E-state index in [9.17, 15) is 17.8 Å². The van der Waals surface area contributed by atoms with Crippen LogP contribution in [0.5, 0.6) is 0 Å². The van der Waals surface area contributed by atoms with Crippen molar-refractivity contribution in [2.45, 2.75) is 25.8 Å². The van der Waals surface area contributed by atoms with Gasteiger partial charge in [-0.05, 0) is 24.4 Å². The molecule has 2 rings (SSSR count). The quantitative estimate of drug-likeness (QED) is 0.554. The fourth-order valence-electron chi connectivity index (χ4n) is 2.13. The minimum absolute atomic E-state index is 0.00990. The van der Waals surface area contributed by atoms with Crippen LogP contribution >= 0.6 is 0 Å². The average Bonchev–Trinajstić information content (AvgIpc) is 2.45. The average molecular weight is 299 g/mol. The van der Waals surface area contributed by atoms with Crippen LogP contribution in [-0.4, -0.2) is 47.7 Å². The summed E-state index contributed by atoms with van der Waals surface area (Å²) in [5, 5.41) is 3.96. The Morgan fingerprint density at radius 3 is 2.60 bits per heavy atom. The molecule has 0 aromatic carbocycles. The molecule has 0 saturated carbocycles. The molecule has 8 heteroatoms. The van der Waals surface area contributed by atoms with E-state index in [0.29, 0.717) is 5.56 Å². The van der Waals surface area contributed by atoms with Gasteiger partial charge in [0.1, 0.15) is 16.3 Å². The van der Waals surface area contributed by atoms with E-state index in [1.165, 1.54) is 17.1 Å². The molecular weight excluding hydrogens is 282 g/mol. The summed E-state index contributed by atoms with van der Waals surface area (Å²) in [6.45, 7) is 1.52. The van der Waals surface area contributed by atoms with Gasteiger partial charge in [-0.15, -0.1) is 0 Å². The van der Waals surface area contributed by atoms with E-state index < -0.39 is 15.9 Å². The highest BCUT2D eigenvalue weighted by molar-refractivity contribution is 7.85. The summed E-state index contributed by atoms with van der Waals surface area (Å²) in [4.78, 5) is 14.0. The summed E-state index contributed by atoms with van der Waals surface area (Å²) in [7, 11) is -4.25. The molecule has 0 bridgehead atoms. The Bertz CT molecular complexity index is 565. The first kappa shape index (κ1) is 14.9. The van der Waals surface area contributed by atoms with Gasteiger partial charge < -0.3 is 9.45 Å². The van der Waals surface area contributed by atoms with Crippen molar-refractivity contribution in [1.82, 2.24) is 10.00 Å². The van der Waals surface area contributed by atoms with Crippen LogP contribution < -0.4 is 4.68 Å². The van der Waals surface area contributed by atoms with E-state index in [4.69, 9.17) is 0 Å². The summed E-state index contributed by atoms with van der Waals surface area (Å²) in [5.74, 6) is -0.565. The van der Waals surface area contributed by atoms with E-state index in [0.717, 1.165) is 32.4 Å². The number of nitrogens with zero attached hydrogens (tertiary/aromatic N) is 3. The van der Waals surface area contributed by atoms with Crippen molar-refractivity contribution in [2.24, 2.45) is 0 Å². The topological polar surface area (TPSA) is 94.3 Å². The third-order valence-electron chi connectivity index (χ3n) is 3.23. The van der Waals surface area contributed by atoms with E-state index in [-0.39, 0.29) is 12.5 Å². The molecular formula is C12H17N3O4S. The number of hydrogen-bond acceptors (Lipinski definition) is 5. The predicted octanol–water partition coefficient (Wildman–Crippen LogP) is -0.460. The Morgan fingerprint density at radius 1 is 1.35 bits per heavy atom. The highest BCUT2D eigenvalue weighted by atomic mass is 32.2. The Hall–Kier alpha value is -1.54. The lowest BCUT2D eigenvalue weighted by atomic mass is 10.1. The Morgan fingerprint density at radius 2 is 2.05 bits per heavy atom. The molecule has 110 valence electrons. The first-order chi connectivity index (χ1) is 9.46. The summed E-state index contributed by atoms with van der Waals surface area (Å²) in [6.07, 6.45) is 6.12. The van der Waals surface area contributed by atoms with Crippen LogP contribution in [0, 0.1) is 0 Å². The minimum atomic E-state index is -4.25. The summed E-state index contributed by atoms with van der Waals surface area (Å²) >= 11 is 0. The molecule has 1 aliphatic heterocycles. The summed E-state index contributed by atoms with van der Waals surface area (Å²) in [6, 6.07) is 1.60. The maximum absolute atomic E-state index is 12.2. The third-order valence-corrected chi connectivity index (χ3v) is 3.91. The standard InChI is InChI=1S/C12H17N3O4S/c16-12(14-5-2-1-3-6-14)11-4-7-15(13-10-11)8-9-20(17,18)19/h4,7,10H,1-3,5-6,8-9H2. The Balaban J connectivity index is 1.98. The first-order valence-corrected chi connectivity index (χ1v) is 8.12. The van der Waals surface area contributed by atoms with E-state index in [1.54, 1.807) is 11.0 Å². The highest BCUT2D eigenvalue weighted by Gasteiger charge is 2.19. The van der Waals surface area contributed by atoms with Gasteiger partial charge in [-0.2, -0.15) is 0 Å². The SMILES string of the molecule is O=C(c1cc[n+](CCS(=O)(=O)[O-])nc1)N1CCCCC1. The molecule has 7 nitrogen and oxygen atoms in total. The van der Waals surface area contributed by atoms with E-state index in [2.05, 4.69) is 5.10 Å². The van der Waals surface area contributed by atoms with Crippen molar-refractivity contribution in [1.29, 1.82) is 0 Å². The van der Waals surface area contributed by atoms with Gasteiger partial charge in [0, 0.05) is 19.2 Å².